The van der Waals surface area contributed by atoms with Crippen LogP contribution in [-0.4, -0.2) is 38.5 Å². The zero-order chi connectivity index (χ0) is 24.8. The van der Waals surface area contributed by atoms with Crippen LogP contribution in [0.3, 0.4) is 0 Å². The van der Waals surface area contributed by atoms with Crippen LogP contribution in [0.4, 0.5) is 0 Å². The van der Waals surface area contributed by atoms with Crippen LogP contribution in [0.1, 0.15) is 145 Å². The molecule has 0 amide bonds. The molecule has 200 valence electrons. The fourth-order valence-electron chi connectivity index (χ4n) is 4.35. The third-order valence-electron chi connectivity index (χ3n) is 6.14. The summed E-state index contributed by atoms with van der Waals surface area (Å²) < 4.78 is 24.6. The van der Waals surface area contributed by atoms with E-state index >= 15 is 0 Å². The molecular weight excluding hydrogens is 412 g/mol. The van der Waals surface area contributed by atoms with Gasteiger partial charge in [-0.2, -0.15) is 0 Å². The Bertz CT molecular complexity index is 388. The largest absolute Gasteiger partial charge is 0.370 e. The molecule has 0 aliphatic carbocycles. The molecule has 1 atom stereocenters. The van der Waals surface area contributed by atoms with E-state index in [0.717, 1.165) is 25.9 Å². The van der Waals surface area contributed by atoms with Gasteiger partial charge in [-0.15, -0.1) is 0 Å². The van der Waals surface area contributed by atoms with Crippen molar-refractivity contribution in [3.05, 3.63) is 0 Å². The number of hydrogen-bond acceptors (Lipinski definition) is 4. The van der Waals surface area contributed by atoms with Gasteiger partial charge in [0.25, 0.3) is 0 Å². The average Bonchev–Trinajstić information content (AvgIpc) is 2.75. The Labute approximate surface area is 207 Å². The summed E-state index contributed by atoms with van der Waals surface area (Å²) >= 11 is 0. The lowest BCUT2D eigenvalue weighted by molar-refractivity contribution is -0.415. The first-order chi connectivity index (χ1) is 15.8. The fourth-order valence-corrected chi connectivity index (χ4v) is 4.35. The second kappa shape index (κ2) is 21.1. The van der Waals surface area contributed by atoms with Gasteiger partial charge in [0.05, 0.1) is 0 Å². The van der Waals surface area contributed by atoms with Crippen LogP contribution < -0.4 is 0 Å². The summed E-state index contributed by atoms with van der Waals surface area (Å²) in [5, 5.41) is 0. The molecular formula is C29H60O4. The van der Waals surface area contributed by atoms with E-state index in [9.17, 15) is 0 Å². The molecule has 0 radical (unpaired) electrons. The van der Waals surface area contributed by atoms with Gasteiger partial charge in [-0.25, -0.2) is 0 Å². The standard InChI is InChI=1S/C29H60O4/c1-8-12-13-14-15-16-20-23-26-30-27(29(31-9-2,32-10-3)33-11-4)24-21-18-17-19-22-25-28(5,6)7/h27H,8-26H2,1-7H3. The van der Waals surface area contributed by atoms with Crippen molar-refractivity contribution >= 4 is 0 Å². The molecule has 0 aliphatic heterocycles. The van der Waals surface area contributed by atoms with Gasteiger partial charge in [0.15, 0.2) is 0 Å². The molecule has 0 spiro atoms. The Morgan fingerprint density at radius 3 is 1.48 bits per heavy atom. The smallest absolute Gasteiger partial charge is 0.310 e. The summed E-state index contributed by atoms with van der Waals surface area (Å²) in [6.45, 7) is 17.6. The molecule has 0 aromatic carbocycles. The highest BCUT2D eigenvalue weighted by molar-refractivity contribution is 4.73. The maximum absolute atomic E-state index is 6.41. The van der Waals surface area contributed by atoms with Gasteiger partial charge in [0.2, 0.25) is 0 Å². The van der Waals surface area contributed by atoms with E-state index in [1.807, 2.05) is 20.8 Å². The molecule has 4 heteroatoms. The highest BCUT2D eigenvalue weighted by atomic mass is 16.9. The summed E-state index contributed by atoms with van der Waals surface area (Å²) in [7, 11) is 0. The molecule has 4 nitrogen and oxygen atoms in total. The Morgan fingerprint density at radius 1 is 0.545 bits per heavy atom. The summed E-state index contributed by atoms with van der Waals surface area (Å²) in [5.74, 6) is -1.08. The molecule has 0 fully saturated rings. The summed E-state index contributed by atoms with van der Waals surface area (Å²) in [6.07, 6.45) is 18.7. The molecule has 0 aliphatic rings. The SMILES string of the molecule is CCCCCCCCCCOC(CCCCCCCC(C)(C)C)C(OCC)(OCC)OCC. The first kappa shape index (κ1) is 32.8. The minimum Gasteiger partial charge on any atom is -0.370 e. The minimum absolute atomic E-state index is 0.184. The van der Waals surface area contributed by atoms with Crippen LogP contribution in [0.25, 0.3) is 0 Å². The van der Waals surface area contributed by atoms with Crippen LogP contribution in [0.5, 0.6) is 0 Å². The molecule has 0 rings (SSSR count). The first-order valence-corrected chi connectivity index (χ1v) is 14.4. The molecule has 0 saturated carbocycles. The molecule has 0 bridgehead atoms. The van der Waals surface area contributed by atoms with E-state index < -0.39 is 5.97 Å². The van der Waals surface area contributed by atoms with Gasteiger partial charge in [-0.1, -0.05) is 105 Å². The van der Waals surface area contributed by atoms with Crippen LogP contribution >= 0.6 is 0 Å². The van der Waals surface area contributed by atoms with Crippen molar-refractivity contribution in [2.45, 2.75) is 157 Å². The molecule has 0 heterocycles. The van der Waals surface area contributed by atoms with Crippen LogP contribution in [0.15, 0.2) is 0 Å². The van der Waals surface area contributed by atoms with Crippen molar-refractivity contribution < 1.29 is 18.9 Å². The molecule has 0 aromatic rings. The molecule has 0 saturated heterocycles. The summed E-state index contributed by atoms with van der Waals surface area (Å²) in [4.78, 5) is 0. The normalized spacial score (nSPS) is 13.5. The van der Waals surface area contributed by atoms with Crippen LogP contribution in [0.2, 0.25) is 0 Å². The Morgan fingerprint density at radius 2 is 1.00 bits per heavy atom. The van der Waals surface area contributed by atoms with Gasteiger partial charge >= 0.3 is 5.97 Å². The predicted molar refractivity (Wildman–Crippen MR) is 142 cm³/mol. The summed E-state index contributed by atoms with van der Waals surface area (Å²) in [5.41, 5.74) is 0.445. The van der Waals surface area contributed by atoms with Crippen molar-refractivity contribution in [2.75, 3.05) is 26.4 Å². The average molecular weight is 473 g/mol. The van der Waals surface area contributed by atoms with Crippen LogP contribution in [0, 0.1) is 5.41 Å². The minimum atomic E-state index is -1.08. The Kier molecular flexibility index (Phi) is 21.0. The van der Waals surface area contributed by atoms with Crippen molar-refractivity contribution in [2.24, 2.45) is 5.41 Å². The van der Waals surface area contributed by atoms with Crippen molar-refractivity contribution in [1.29, 1.82) is 0 Å². The van der Waals surface area contributed by atoms with E-state index in [-0.39, 0.29) is 6.10 Å². The van der Waals surface area contributed by atoms with Crippen molar-refractivity contribution in [3.63, 3.8) is 0 Å². The molecule has 0 aromatic heterocycles. The molecule has 33 heavy (non-hydrogen) atoms. The van der Waals surface area contributed by atoms with Crippen molar-refractivity contribution in [1.82, 2.24) is 0 Å². The third kappa shape index (κ3) is 17.9. The molecule has 0 N–H and O–H groups in total. The lowest BCUT2D eigenvalue weighted by atomic mass is 9.89. The number of hydrogen-bond donors (Lipinski definition) is 0. The van der Waals surface area contributed by atoms with Gasteiger partial charge in [0, 0.05) is 26.4 Å². The van der Waals surface area contributed by atoms with E-state index in [1.165, 1.54) is 77.0 Å². The maximum Gasteiger partial charge on any atom is 0.310 e. The monoisotopic (exact) mass is 472 g/mol. The Balaban J connectivity index is 4.59. The second-order valence-corrected chi connectivity index (χ2v) is 10.6. The van der Waals surface area contributed by atoms with Crippen molar-refractivity contribution in [3.8, 4) is 0 Å². The van der Waals surface area contributed by atoms with E-state index in [2.05, 4.69) is 27.7 Å². The molecule has 1 unspecified atom stereocenters. The van der Waals surface area contributed by atoms with Gasteiger partial charge in [-0.3, -0.25) is 0 Å². The second-order valence-electron chi connectivity index (χ2n) is 10.6. The topological polar surface area (TPSA) is 36.9 Å². The fraction of sp³-hybridized carbons (Fsp3) is 1.00. The quantitative estimate of drug-likeness (QED) is 0.104. The third-order valence-corrected chi connectivity index (χ3v) is 6.14. The Hall–Kier alpha value is -0.160. The van der Waals surface area contributed by atoms with Gasteiger partial charge < -0.3 is 18.9 Å². The first-order valence-electron chi connectivity index (χ1n) is 14.4. The van der Waals surface area contributed by atoms with E-state index in [0.29, 0.717) is 25.2 Å². The van der Waals surface area contributed by atoms with Gasteiger partial charge in [0.1, 0.15) is 6.10 Å². The van der Waals surface area contributed by atoms with E-state index in [4.69, 9.17) is 18.9 Å². The number of rotatable bonds is 24. The van der Waals surface area contributed by atoms with E-state index in [1.54, 1.807) is 0 Å². The number of unbranched alkanes of at least 4 members (excludes halogenated alkanes) is 11. The lowest BCUT2D eigenvalue weighted by Crippen LogP contribution is -2.51. The number of ether oxygens (including phenoxy) is 4. The predicted octanol–water partition coefficient (Wildman–Crippen LogP) is 9.05. The zero-order valence-electron chi connectivity index (χ0n) is 23.6. The summed E-state index contributed by atoms with van der Waals surface area (Å²) in [6, 6.07) is 0. The van der Waals surface area contributed by atoms with Gasteiger partial charge in [-0.05, 0) is 45.4 Å². The highest BCUT2D eigenvalue weighted by Crippen LogP contribution is 2.28. The zero-order valence-corrected chi connectivity index (χ0v) is 23.6. The lowest BCUT2D eigenvalue weighted by Gasteiger charge is -2.38. The van der Waals surface area contributed by atoms with Crippen LogP contribution in [-0.2, 0) is 18.9 Å². The highest BCUT2D eigenvalue weighted by Gasteiger charge is 2.43. The maximum atomic E-state index is 6.41.